The Morgan fingerprint density at radius 2 is 1.59 bits per heavy atom. The van der Waals surface area contributed by atoms with Gasteiger partial charge in [-0.1, -0.05) is 42.5 Å². The molecule has 0 saturated carbocycles. The Morgan fingerprint density at radius 3 is 2.34 bits per heavy atom. The summed E-state index contributed by atoms with van der Waals surface area (Å²) >= 11 is 5.32. The number of ether oxygens (including phenoxy) is 3. The highest BCUT2D eigenvalue weighted by molar-refractivity contribution is 7.80. The van der Waals surface area contributed by atoms with Crippen LogP contribution in [-0.2, 0) is 11.3 Å². The molecule has 0 radical (unpaired) electrons. The molecule has 7 heteroatoms. The fraction of sp³-hybridized carbons (Fsp3) is 0.200. The maximum absolute atomic E-state index is 12.5. The number of amides is 1. The number of benzene rings is 3. The fourth-order valence-electron chi connectivity index (χ4n) is 2.83. The molecule has 0 heterocycles. The van der Waals surface area contributed by atoms with Gasteiger partial charge >= 0.3 is 0 Å². The van der Waals surface area contributed by atoms with Gasteiger partial charge in [0.2, 0.25) is 0 Å². The molecule has 0 spiro atoms. The summed E-state index contributed by atoms with van der Waals surface area (Å²) in [4.78, 5) is 12.5. The summed E-state index contributed by atoms with van der Waals surface area (Å²) in [6.45, 7) is 4.00. The Hall–Kier alpha value is -3.42. The van der Waals surface area contributed by atoms with Crippen LogP contribution in [0.4, 0.5) is 5.69 Å². The number of carbonyl (C=O) groups is 1. The van der Waals surface area contributed by atoms with E-state index in [4.69, 9.17) is 26.4 Å². The van der Waals surface area contributed by atoms with Crippen LogP contribution < -0.4 is 20.1 Å². The van der Waals surface area contributed by atoms with Crippen LogP contribution in [0.1, 0.15) is 22.8 Å². The van der Waals surface area contributed by atoms with Crippen molar-refractivity contribution >= 4 is 28.9 Å². The first-order valence-electron chi connectivity index (χ1n) is 10.3. The molecule has 3 aromatic carbocycles. The molecule has 0 atom stereocenters. The third kappa shape index (κ3) is 7.37. The van der Waals surface area contributed by atoms with Gasteiger partial charge in [0.05, 0.1) is 12.3 Å². The summed E-state index contributed by atoms with van der Waals surface area (Å²) in [5.41, 5.74) is 2.20. The van der Waals surface area contributed by atoms with Crippen molar-refractivity contribution < 1.29 is 19.0 Å². The van der Waals surface area contributed by atoms with E-state index in [2.05, 4.69) is 10.6 Å². The lowest BCUT2D eigenvalue weighted by Crippen LogP contribution is -2.34. The van der Waals surface area contributed by atoms with Crippen molar-refractivity contribution in [1.29, 1.82) is 0 Å². The number of rotatable bonds is 10. The minimum Gasteiger partial charge on any atom is -0.491 e. The first-order valence-corrected chi connectivity index (χ1v) is 10.7. The summed E-state index contributed by atoms with van der Waals surface area (Å²) < 4.78 is 16.7. The van der Waals surface area contributed by atoms with E-state index in [0.29, 0.717) is 49.2 Å². The first-order chi connectivity index (χ1) is 15.7. The number of carbonyl (C=O) groups excluding carboxylic acids is 1. The fourth-order valence-corrected chi connectivity index (χ4v) is 3.03. The zero-order valence-electron chi connectivity index (χ0n) is 17.9. The molecule has 0 aliphatic rings. The number of anilines is 1. The van der Waals surface area contributed by atoms with Crippen molar-refractivity contribution in [2.24, 2.45) is 0 Å². The van der Waals surface area contributed by atoms with Crippen LogP contribution in [0.3, 0.4) is 0 Å². The van der Waals surface area contributed by atoms with Gasteiger partial charge in [-0.3, -0.25) is 10.1 Å². The molecular weight excluding hydrogens is 424 g/mol. The molecule has 166 valence electrons. The monoisotopic (exact) mass is 450 g/mol. The zero-order valence-corrected chi connectivity index (χ0v) is 18.7. The highest BCUT2D eigenvalue weighted by Gasteiger charge is 2.10. The Bertz CT molecular complexity index is 1010. The lowest BCUT2D eigenvalue weighted by molar-refractivity contribution is 0.0977. The second-order valence-corrected chi connectivity index (χ2v) is 7.16. The van der Waals surface area contributed by atoms with E-state index < -0.39 is 0 Å². The van der Waals surface area contributed by atoms with Gasteiger partial charge < -0.3 is 19.5 Å². The summed E-state index contributed by atoms with van der Waals surface area (Å²) in [6, 6.07) is 24.2. The molecule has 0 fully saturated rings. The quantitative estimate of drug-likeness (QED) is 0.341. The van der Waals surface area contributed by atoms with Crippen molar-refractivity contribution in [3.05, 3.63) is 90.0 Å². The second-order valence-electron chi connectivity index (χ2n) is 6.75. The molecule has 1 amide bonds. The molecule has 3 aromatic rings. The van der Waals surface area contributed by atoms with Crippen LogP contribution in [0, 0.1) is 0 Å². The average Bonchev–Trinajstić information content (AvgIpc) is 2.82. The molecule has 2 N–H and O–H groups in total. The summed E-state index contributed by atoms with van der Waals surface area (Å²) in [5.74, 6) is 0.999. The summed E-state index contributed by atoms with van der Waals surface area (Å²) in [7, 11) is 0. The third-order valence-corrected chi connectivity index (χ3v) is 4.62. The minimum atomic E-state index is -0.314. The molecule has 32 heavy (non-hydrogen) atoms. The molecule has 0 unspecified atom stereocenters. The van der Waals surface area contributed by atoms with E-state index in [-0.39, 0.29) is 11.0 Å². The van der Waals surface area contributed by atoms with Crippen LogP contribution in [0.5, 0.6) is 11.5 Å². The predicted octanol–water partition coefficient (Wildman–Crippen LogP) is 4.81. The van der Waals surface area contributed by atoms with E-state index in [1.807, 2.05) is 61.5 Å². The Morgan fingerprint density at radius 1 is 0.875 bits per heavy atom. The van der Waals surface area contributed by atoms with Gasteiger partial charge in [0, 0.05) is 12.2 Å². The smallest absolute Gasteiger partial charge is 0.257 e. The topological polar surface area (TPSA) is 68.8 Å². The molecule has 0 aromatic heterocycles. The standard InChI is InChI=1S/C25H26N2O4S/c1-2-29-16-17-30-21-14-12-20(13-15-21)24(28)27-25(32)26-22-10-6-7-11-23(22)31-18-19-8-4-3-5-9-19/h3-15H,2,16-18H2,1H3,(H2,26,27,28,32). The van der Waals surface area contributed by atoms with Gasteiger partial charge in [-0.05, 0) is 61.1 Å². The minimum absolute atomic E-state index is 0.183. The Kier molecular flexibility index (Phi) is 9.04. The number of para-hydroxylation sites is 2. The van der Waals surface area contributed by atoms with E-state index >= 15 is 0 Å². The summed E-state index contributed by atoms with van der Waals surface area (Å²) in [6.07, 6.45) is 0. The second kappa shape index (κ2) is 12.4. The highest BCUT2D eigenvalue weighted by atomic mass is 32.1. The normalized spacial score (nSPS) is 10.3. The van der Waals surface area contributed by atoms with Crippen LogP contribution in [0.2, 0.25) is 0 Å². The van der Waals surface area contributed by atoms with Crippen LogP contribution in [0.15, 0.2) is 78.9 Å². The summed E-state index contributed by atoms with van der Waals surface area (Å²) in [5, 5.41) is 5.91. The number of nitrogens with one attached hydrogen (secondary N) is 2. The largest absolute Gasteiger partial charge is 0.491 e. The Balaban J connectivity index is 1.52. The lowest BCUT2D eigenvalue weighted by atomic mass is 10.2. The molecule has 0 saturated heterocycles. The third-order valence-electron chi connectivity index (χ3n) is 4.42. The average molecular weight is 451 g/mol. The number of hydrogen-bond acceptors (Lipinski definition) is 5. The molecular formula is C25H26N2O4S. The van der Waals surface area contributed by atoms with E-state index in [1.165, 1.54) is 0 Å². The van der Waals surface area contributed by atoms with Crippen LogP contribution in [0.25, 0.3) is 0 Å². The van der Waals surface area contributed by atoms with Crippen molar-refractivity contribution in [2.75, 3.05) is 25.1 Å². The zero-order chi connectivity index (χ0) is 22.6. The van der Waals surface area contributed by atoms with Crippen LogP contribution >= 0.6 is 12.2 Å². The lowest BCUT2D eigenvalue weighted by Gasteiger charge is -2.14. The highest BCUT2D eigenvalue weighted by Crippen LogP contribution is 2.24. The van der Waals surface area contributed by atoms with Crippen molar-refractivity contribution in [2.45, 2.75) is 13.5 Å². The van der Waals surface area contributed by atoms with Crippen molar-refractivity contribution in [1.82, 2.24) is 5.32 Å². The van der Waals surface area contributed by atoms with Crippen molar-refractivity contribution in [3.63, 3.8) is 0 Å². The first kappa shape index (κ1) is 23.2. The molecule has 6 nitrogen and oxygen atoms in total. The molecule has 0 aliphatic heterocycles. The van der Waals surface area contributed by atoms with Gasteiger partial charge in [-0.15, -0.1) is 0 Å². The van der Waals surface area contributed by atoms with E-state index in [1.54, 1.807) is 24.3 Å². The molecule has 0 bridgehead atoms. The number of hydrogen-bond donors (Lipinski definition) is 2. The van der Waals surface area contributed by atoms with Crippen LogP contribution in [-0.4, -0.2) is 30.8 Å². The predicted molar refractivity (Wildman–Crippen MR) is 129 cm³/mol. The van der Waals surface area contributed by atoms with E-state index in [0.717, 1.165) is 5.56 Å². The maximum atomic E-state index is 12.5. The van der Waals surface area contributed by atoms with Gasteiger partial charge in [-0.25, -0.2) is 0 Å². The molecule has 0 aliphatic carbocycles. The maximum Gasteiger partial charge on any atom is 0.257 e. The molecule has 3 rings (SSSR count). The van der Waals surface area contributed by atoms with Gasteiger partial charge in [0.15, 0.2) is 5.11 Å². The van der Waals surface area contributed by atoms with Gasteiger partial charge in [-0.2, -0.15) is 0 Å². The Labute approximate surface area is 193 Å². The van der Waals surface area contributed by atoms with Crippen molar-refractivity contribution in [3.8, 4) is 11.5 Å². The van der Waals surface area contributed by atoms with E-state index in [9.17, 15) is 4.79 Å². The van der Waals surface area contributed by atoms with Gasteiger partial charge in [0.25, 0.3) is 5.91 Å². The SMILES string of the molecule is CCOCCOc1ccc(C(=O)NC(=S)Nc2ccccc2OCc2ccccc2)cc1. The van der Waals surface area contributed by atoms with Gasteiger partial charge in [0.1, 0.15) is 24.7 Å². The number of thiocarbonyl (C=S) groups is 1.